The summed E-state index contributed by atoms with van der Waals surface area (Å²) in [7, 11) is 0. The van der Waals surface area contributed by atoms with E-state index in [0.717, 1.165) is 19.5 Å². The van der Waals surface area contributed by atoms with E-state index < -0.39 is 0 Å². The van der Waals surface area contributed by atoms with Crippen molar-refractivity contribution in [1.29, 1.82) is 0 Å². The Bertz CT molecular complexity index is 969. The van der Waals surface area contributed by atoms with E-state index in [9.17, 15) is 9.59 Å². The largest absolute Gasteiger partial charge is 0.339 e. The molecule has 32 heavy (non-hydrogen) atoms. The van der Waals surface area contributed by atoms with Gasteiger partial charge in [-0.05, 0) is 48.4 Å². The summed E-state index contributed by atoms with van der Waals surface area (Å²) in [4.78, 5) is 33.4. The number of carbonyl (C=O) groups excluding carboxylic acids is 2. The SMILES string of the molecule is Cc1ccccc1[C@@H]1c2ccsc2CCN1CCC(=O)N1CCN(C(=O)C(C)C)[C@@H](C)C1. The topological polar surface area (TPSA) is 43.9 Å². The maximum atomic E-state index is 13.1. The summed E-state index contributed by atoms with van der Waals surface area (Å²) in [6.45, 7) is 11.8. The number of piperazine rings is 1. The average Bonchev–Trinajstić information content (AvgIpc) is 3.26. The maximum Gasteiger partial charge on any atom is 0.225 e. The van der Waals surface area contributed by atoms with Gasteiger partial charge in [0, 0.05) is 56.0 Å². The standard InChI is InChI=1S/C26H35N3O2S/c1-18(2)26(31)29-15-14-28(17-20(29)4)24(30)10-13-27-12-9-23-22(11-16-32-23)25(27)21-8-6-5-7-19(21)3/h5-8,11,16,18,20,25H,9-10,12-15,17H2,1-4H3/t20-,25+/m0/s1. The first kappa shape index (κ1) is 23.0. The number of nitrogens with zero attached hydrogens (tertiary/aromatic N) is 3. The Morgan fingerprint density at radius 2 is 1.88 bits per heavy atom. The van der Waals surface area contributed by atoms with Crippen LogP contribution in [0.3, 0.4) is 0 Å². The summed E-state index contributed by atoms with van der Waals surface area (Å²) in [5, 5.41) is 2.20. The Labute approximate surface area is 196 Å². The van der Waals surface area contributed by atoms with E-state index in [2.05, 4.69) is 54.5 Å². The predicted octanol–water partition coefficient (Wildman–Crippen LogP) is 4.11. The number of carbonyl (C=O) groups is 2. The predicted molar refractivity (Wildman–Crippen MR) is 130 cm³/mol. The minimum Gasteiger partial charge on any atom is -0.339 e. The van der Waals surface area contributed by atoms with E-state index in [-0.39, 0.29) is 29.8 Å². The van der Waals surface area contributed by atoms with Crippen LogP contribution in [0.15, 0.2) is 35.7 Å². The van der Waals surface area contributed by atoms with Crippen LogP contribution < -0.4 is 0 Å². The fourth-order valence-corrected chi connectivity index (χ4v) is 6.01. The first-order valence-electron chi connectivity index (χ1n) is 11.8. The molecule has 1 fully saturated rings. The number of benzene rings is 1. The molecule has 2 aromatic rings. The highest BCUT2D eigenvalue weighted by Crippen LogP contribution is 2.38. The van der Waals surface area contributed by atoms with Crippen molar-refractivity contribution in [3.63, 3.8) is 0 Å². The fraction of sp³-hybridized carbons (Fsp3) is 0.538. The number of hydrogen-bond donors (Lipinski definition) is 0. The summed E-state index contributed by atoms with van der Waals surface area (Å²) in [5.74, 6) is 0.387. The average molecular weight is 454 g/mol. The molecule has 0 spiro atoms. The third kappa shape index (κ3) is 4.62. The number of fused-ring (bicyclic) bond motifs is 1. The van der Waals surface area contributed by atoms with Gasteiger partial charge in [0.05, 0.1) is 6.04 Å². The van der Waals surface area contributed by atoms with Crippen LogP contribution in [0.4, 0.5) is 0 Å². The van der Waals surface area contributed by atoms with E-state index in [1.807, 2.05) is 35.0 Å². The van der Waals surface area contributed by atoms with Gasteiger partial charge in [-0.3, -0.25) is 14.5 Å². The van der Waals surface area contributed by atoms with Gasteiger partial charge in [0.15, 0.2) is 0 Å². The lowest BCUT2D eigenvalue weighted by Crippen LogP contribution is -2.56. The van der Waals surface area contributed by atoms with Gasteiger partial charge in [0.2, 0.25) is 11.8 Å². The number of aryl methyl sites for hydroxylation is 1. The quantitative estimate of drug-likeness (QED) is 0.684. The zero-order valence-electron chi connectivity index (χ0n) is 19.7. The summed E-state index contributed by atoms with van der Waals surface area (Å²) < 4.78 is 0. The van der Waals surface area contributed by atoms with Crippen LogP contribution in [0.25, 0.3) is 0 Å². The van der Waals surface area contributed by atoms with Crippen molar-refractivity contribution >= 4 is 23.2 Å². The molecule has 0 N–H and O–H groups in total. The van der Waals surface area contributed by atoms with Gasteiger partial charge < -0.3 is 9.80 Å². The van der Waals surface area contributed by atoms with E-state index in [1.54, 1.807) is 0 Å². The van der Waals surface area contributed by atoms with Crippen molar-refractivity contribution in [1.82, 2.24) is 14.7 Å². The lowest BCUT2D eigenvalue weighted by atomic mass is 9.90. The molecule has 2 aliphatic heterocycles. The fourth-order valence-electron chi connectivity index (χ4n) is 5.11. The lowest BCUT2D eigenvalue weighted by Gasteiger charge is -2.41. The Kier molecular flexibility index (Phi) is 7.01. The number of hydrogen-bond acceptors (Lipinski definition) is 4. The molecular weight excluding hydrogens is 418 g/mol. The van der Waals surface area contributed by atoms with Crippen molar-refractivity contribution in [2.45, 2.75) is 52.6 Å². The molecule has 172 valence electrons. The van der Waals surface area contributed by atoms with Gasteiger partial charge in [-0.2, -0.15) is 0 Å². The number of thiophene rings is 1. The van der Waals surface area contributed by atoms with Gasteiger partial charge in [-0.15, -0.1) is 11.3 Å². The van der Waals surface area contributed by atoms with E-state index in [0.29, 0.717) is 26.1 Å². The summed E-state index contributed by atoms with van der Waals surface area (Å²) >= 11 is 1.85. The summed E-state index contributed by atoms with van der Waals surface area (Å²) in [5.41, 5.74) is 4.04. The van der Waals surface area contributed by atoms with Crippen LogP contribution in [0.5, 0.6) is 0 Å². The van der Waals surface area contributed by atoms with Crippen LogP contribution in [0.2, 0.25) is 0 Å². The van der Waals surface area contributed by atoms with Gasteiger partial charge in [0.1, 0.15) is 0 Å². The van der Waals surface area contributed by atoms with Crippen LogP contribution in [-0.2, 0) is 16.0 Å². The number of rotatable bonds is 5. The molecule has 0 aliphatic carbocycles. The molecule has 4 rings (SSSR count). The minimum absolute atomic E-state index is 0.000763. The van der Waals surface area contributed by atoms with Crippen molar-refractivity contribution in [2.75, 3.05) is 32.7 Å². The maximum absolute atomic E-state index is 13.1. The Hall–Kier alpha value is -2.18. The molecule has 2 atom stereocenters. The van der Waals surface area contributed by atoms with Gasteiger partial charge >= 0.3 is 0 Å². The smallest absolute Gasteiger partial charge is 0.225 e. The molecule has 1 aromatic heterocycles. The van der Waals surface area contributed by atoms with Crippen molar-refractivity contribution in [2.24, 2.45) is 5.92 Å². The zero-order valence-corrected chi connectivity index (χ0v) is 20.5. The highest BCUT2D eigenvalue weighted by atomic mass is 32.1. The molecule has 0 saturated carbocycles. The second-order valence-corrected chi connectivity index (χ2v) is 10.5. The third-order valence-electron chi connectivity index (χ3n) is 6.92. The zero-order chi connectivity index (χ0) is 22.8. The van der Waals surface area contributed by atoms with E-state index in [1.165, 1.54) is 21.6 Å². The summed E-state index contributed by atoms with van der Waals surface area (Å²) in [6, 6.07) is 11.2. The highest BCUT2D eigenvalue weighted by molar-refractivity contribution is 7.10. The van der Waals surface area contributed by atoms with Crippen molar-refractivity contribution in [3.05, 3.63) is 57.3 Å². The first-order chi connectivity index (χ1) is 15.4. The lowest BCUT2D eigenvalue weighted by molar-refractivity contribution is -0.144. The van der Waals surface area contributed by atoms with Gasteiger partial charge in [0.25, 0.3) is 0 Å². The molecule has 2 aliphatic rings. The Morgan fingerprint density at radius 1 is 1.09 bits per heavy atom. The van der Waals surface area contributed by atoms with Gasteiger partial charge in [-0.1, -0.05) is 38.1 Å². The third-order valence-corrected chi connectivity index (χ3v) is 7.92. The van der Waals surface area contributed by atoms with Gasteiger partial charge in [-0.25, -0.2) is 0 Å². The highest BCUT2D eigenvalue weighted by Gasteiger charge is 2.33. The van der Waals surface area contributed by atoms with Crippen molar-refractivity contribution < 1.29 is 9.59 Å². The second kappa shape index (κ2) is 9.75. The monoisotopic (exact) mass is 453 g/mol. The second-order valence-electron chi connectivity index (χ2n) is 9.47. The van der Waals surface area contributed by atoms with E-state index in [4.69, 9.17) is 0 Å². The number of amides is 2. The molecule has 3 heterocycles. The summed E-state index contributed by atoms with van der Waals surface area (Å²) in [6.07, 6.45) is 1.57. The van der Waals surface area contributed by atoms with Crippen LogP contribution >= 0.6 is 11.3 Å². The molecule has 0 radical (unpaired) electrons. The molecule has 1 saturated heterocycles. The molecule has 0 bridgehead atoms. The van der Waals surface area contributed by atoms with E-state index >= 15 is 0 Å². The normalized spacial score (nSPS) is 21.7. The Morgan fingerprint density at radius 3 is 2.59 bits per heavy atom. The molecule has 6 heteroatoms. The molecule has 2 amide bonds. The molecule has 1 aromatic carbocycles. The molecular formula is C26H35N3O2S. The first-order valence-corrected chi connectivity index (χ1v) is 12.7. The minimum atomic E-state index is -0.000763. The molecule has 0 unspecified atom stereocenters. The van der Waals surface area contributed by atoms with Crippen LogP contribution in [0.1, 0.15) is 54.8 Å². The van der Waals surface area contributed by atoms with Crippen LogP contribution in [0, 0.1) is 12.8 Å². The van der Waals surface area contributed by atoms with Crippen molar-refractivity contribution in [3.8, 4) is 0 Å². The Balaban J connectivity index is 1.42. The van der Waals surface area contributed by atoms with Crippen LogP contribution in [-0.4, -0.2) is 65.3 Å². The molecule has 5 nitrogen and oxygen atoms in total.